The van der Waals surface area contributed by atoms with Gasteiger partial charge in [0.15, 0.2) is 0 Å². The second-order valence-electron chi connectivity index (χ2n) is 2.51. The van der Waals surface area contributed by atoms with Crippen LogP contribution < -0.4 is 0 Å². The first kappa shape index (κ1) is 9.32. The minimum absolute atomic E-state index is 0.111. The van der Waals surface area contributed by atoms with Crippen molar-refractivity contribution >= 4 is 21.9 Å². The van der Waals surface area contributed by atoms with E-state index in [1.165, 1.54) is 0 Å². The number of hydrogen-bond acceptors (Lipinski definition) is 2. The number of aryl methyl sites for hydroxylation is 2. The van der Waals surface area contributed by atoms with Crippen LogP contribution in [0.5, 0.6) is 0 Å². The first-order valence-electron chi connectivity index (χ1n) is 3.56. The first-order valence-corrected chi connectivity index (χ1v) is 4.35. The summed E-state index contributed by atoms with van der Waals surface area (Å²) in [6, 6.07) is 1.80. The molecule has 1 N–H and O–H groups in total. The molecule has 1 heterocycles. The number of hydrogen-bond donors (Lipinski definition) is 1. The maximum Gasteiger partial charge on any atom is 0.303 e. The summed E-state index contributed by atoms with van der Waals surface area (Å²) in [6.07, 6.45) is 0.557. The van der Waals surface area contributed by atoms with Crippen LogP contribution in [0.15, 0.2) is 15.0 Å². The molecule has 0 bridgehead atoms. The average molecular weight is 233 g/mol. The van der Waals surface area contributed by atoms with Crippen LogP contribution >= 0.6 is 15.9 Å². The maximum atomic E-state index is 10.2. The molecular weight excluding hydrogens is 224 g/mol. The van der Waals surface area contributed by atoms with Gasteiger partial charge in [0.05, 0.1) is 10.9 Å². The van der Waals surface area contributed by atoms with Gasteiger partial charge in [-0.15, -0.1) is 0 Å². The molecule has 3 nitrogen and oxygen atoms in total. The van der Waals surface area contributed by atoms with Gasteiger partial charge >= 0.3 is 5.97 Å². The van der Waals surface area contributed by atoms with E-state index in [1.54, 1.807) is 6.07 Å². The molecule has 12 heavy (non-hydrogen) atoms. The third-order valence-corrected chi connectivity index (χ3v) is 2.28. The lowest BCUT2D eigenvalue weighted by Gasteiger charge is -1.90. The van der Waals surface area contributed by atoms with Gasteiger partial charge in [-0.25, -0.2) is 0 Å². The number of halogens is 1. The summed E-state index contributed by atoms with van der Waals surface area (Å²) in [7, 11) is 0. The van der Waals surface area contributed by atoms with Crippen LogP contribution in [0.25, 0.3) is 0 Å². The summed E-state index contributed by atoms with van der Waals surface area (Å²) in [5, 5.41) is 8.40. The fourth-order valence-electron chi connectivity index (χ4n) is 0.871. The Labute approximate surface area is 78.5 Å². The van der Waals surface area contributed by atoms with Crippen LogP contribution in [0, 0.1) is 6.92 Å². The van der Waals surface area contributed by atoms with Gasteiger partial charge in [-0.1, -0.05) is 0 Å². The smallest absolute Gasteiger partial charge is 0.303 e. The summed E-state index contributed by atoms with van der Waals surface area (Å²) in [6.45, 7) is 1.83. The number of carbonyl (C=O) groups is 1. The minimum Gasteiger partial charge on any atom is -0.481 e. The fraction of sp³-hybridized carbons (Fsp3) is 0.375. The molecule has 0 aliphatic rings. The SMILES string of the molecule is Cc1oc(CCC(=O)O)cc1Br. The quantitative estimate of drug-likeness (QED) is 0.871. The molecule has 0 unspecified atom stereocenters. The molecule has 0 aliphatic carbocycles. The van der Waals surface area contributed by atoms with Crippen molar-refractivity contribution in [3.8, 4) is 0 Å². The van der Waals surface area contributed by atoms with Crippen molar-refractivity contribution in [2.75, 3.05) is 0 Å². The van der Waals surface area contributed by atoms with Crippen molar-refractivity contribution in [1.29, 1.82) is 0 Å². The largest absolute Gasteiger partial charge is 0.481 e. The van der Waals surface area contributed by atoms with E-state index in [4.69, 9.17) is 9.52 Å². The molecule has 1 aromatic rings. The number of rotatable bonds is 3. The van der Waals surface area contributed by atoms with E-state index >= 15 is 0 Å². The first-order chi connectivity index (χ1) is 5.59. The standard InChI is InChI=1S/C8H9BrO3/c1-5-7(9)4-6(12-5)2-3-8(10)11/h4H,2-3H2,1H3,(H,10,11). The summed E-state index contributed by atoms with van der Waals surface area (Å²) < 4.78 is 6.15. The second-order valence-corrected chi connectivity index (χ2v) is 3.36. The van der Waals surface area contributed by atoms with Gasteiger partial charge in [0, 0.05) is 6.42 Å². The Morgan fingerprint density at radius 1 is 1.75 bits per heavy atom. The van der Waals surface area contributed by atoms with E-state index in [0.717, 1.165) is 10.2 Å². The topological polar surface area (TPSA) is 50.4 Å². The lowest BCUT2D eigenvalue weighted by molar-refractivity contribution is -0.137. The van der Waals surface area contributed by atoms with E-state index in [0.29, 0.717) is 12.2 Å². The molecule has 0 fully saturated rings. The Morgan fingerprint density at radius 2 is 2.42 bits per heavy atom. The number of carboxylic acids is 1. The minimum atomic E-state index is -0.805. The van der Waals surface area contributed by atoms with E-state index in [2.05, 4.69) is 15.9 Å². The van der Waals surface area contributed by atoms with Crippen molar-refractivity contribution in [3.05, 3.63) is 22.1 Å². The number of furan rings is 1. The predicted molar refractivity (Wildman–Crippen MR) is 47.1 cm³/mol. The number of aliphatic carboxylic acids is 1. The highest BCUT2D eigenvalue weighted by Crippen LogP contribution is 2.21. The zero-order valence-corrected chi connectivity index (χ0v) is 8.22. The van der Waals surface area contributed by atoms with Crippen molar-refractivity contribution in [1.82, 2.24) is 0 Å². The van der Waals surface area contributed by atoms with Crippen molar-refractivity contribution in [2.45, 2.75) is 19.8 Å². The molecule has 0 aliphatic heterocycles. The normalized spacial score (nSPS) is 10.2. The monoisotopic (exact) mass is 232 g/mol. The Hall–Kier alpha value is -0.770. The summed E-state index contributed by atoms with van der Waals surface area (Å²) >= 11 is 3.28. The van der Waals surface area contributed by atoms with Crippen LogP contribution in [0.4, 0.5) is 0 Å². The molecular formula is C8H9BrO3. The van der Waals surface area contributed by atoms with Gasteiger partial charge in [-0.05, 0) is 28.9 Å². The molecule has 0 radical (unpaired) electrons. The third-order valence-electron chi connectivity index (χ3n) is 1.49. The fourth-order valence-corrected chi connectivity index (χ4v) is 1.21. The predicted octanol–water partition coefficient (Wildman–Crippen LogP) is 2.37. The Kier molecular flexibility index (Phi) is 2.92. The molecule has 0 saturated heterocycles. The number of carboxylic acid groups (broad SMARTS) is 1. The summed E-state index contributed by atoms with van der Waals surface area (Å²) in [5.41, 5.74) is 0. The molecule has 1 rings (SSSR count). The molecule has 0 amide bonds. The highest BCUT2D eigenvalue weighted by molar-refractivity contribution is 9.10. The Morgan fingerprint density at radius 3 is 2.83 bits per heavy atom. The molecule has 66 valence electrons. The Balaban J connectivity index is 2.58. The average Bonchev–Trinajstić information content (AvgIpc) is 2.28. The van der Waals surface area contributed by atoms with Crippen LogP contribution in [-0.2, 0) is 11.2 Å². The molecule has 0 atom stereocenters. The molecule has 0 spiro atoms. The van der Waals surface area contributed by atoms with Crippen molar-refractivity contribution in [2.24, 2.45) is 0 Å². The Bertz CT molecular complexity index is 271. The summed E-state index contributed by atoms with van der Waals surface area (Å²) in [5.74, 6) is 0.692. The van der Waals surface area contributed by atoms with Gasteiger partial charge in [-0.3, -0.25) is 4.79 Å². The van der Waals surface area contributed by atoms with Crippen LogP contribution in [-0.4, -0.2) is 11.1 Å². The maximum absolute atomic E-state index is 10.2. The highest BCUT2D eigenvalue weighted by atomic mass is 79.9. The van der Waals surface area contributed by atoms with Crippen LogP contribution in [0.1, 0.15) is 17.9 Å². The summed E-state index contributed by atoms with van der Waals surface area (Å²) in [4.78, 5) is 10.2. The lowest BCUT2D eigenvalue weighted by Crippen LogP contribution is -1.96. The molecule has 0 saturated carbocycles. The van der Waals surface area contributed by atoms with Crippen molar-refractivity contribution in [3.63, 3.8) is 0 Å². The second kappa shape index (κ2) is 3.76. The molecule has 4 heteroatoms. The van der Waals surface area contributed by atoms with Gasteiger partial charge in [0.1, 0.15) is 11.5 Å². The molecule has 0 aromatic carbocycles. The van der Waals surface area contributed by atoms with Gasteiger partial charge < -0.3 is 9.52 Å². The van der Waals surface area contributed by atoms with E-state index in [1.807, 2.05) is 6.92 Å². The third kappa shape index (κ3) is 2.37. The lowest BCUT2D eigenvalue weighted by atomic mass is 10.2. The van der Waals surface area contributed by atoms with Gasteiger partial charge in [0.25, 0.3) is 0 Å². The molecule has 1 aromatic heterocycles. The zero-order valence-electron chi connectivity index (χ0n) is 6.63. The van der Waals surface area contributed by atoms with Crippen LogP contribution in [0.2, 0.25) is 0 Å². The van der Waals surface area contributed by atoms with E-state index in [9.17, 15) is 4.79 Å². The zero-order chi connectivity index (χ0) is 9.14. The van der Waals surface area contributed by atoms with Gasteiger partial charge in [0.2, 0.25) is 0 Å². The van der Waals surface area contributed by atoms with Gasteiger partial charge in [-0.2, -0.15) is 0 Å². The van der Waals surface area contributed by atoms with Crippen molar-refractivity contribution < 1.29 is 14.3 Å². The van der Waals surface area contributed by atoms with E-state index < -0.39 is 5.97 Å². The van der Waals surface area contributed by atoms with E-state index in [-0.39, 0.29) is 6.42 Å². The van der Waals surface area contributed by atoms with Crippen LogP contribution in [0.3, 0.4) is 0 Å². The highest BCUT2D eigenvalue weighted by Gasteiger charge is 2.06.